The predicted molar refractivity (Wildman–Crippen MR) is 45.2 cm³/mol. The number of aldehydes is 1. The van der Waals surface area contributed by atoms with Gasteiger partial charge in [-0.2, -0.15) is 0 Å². The molecule has 0 heterocycles. The Labute approximate surface area is 74.4 Å². The number of rotatable bonds is 3. The maximum Gasteiger partial charge on any atom is 0.177 e. The molecule has 1 aromatic carbocycles. The molecule has 68 valence electrons. The van der Waals surface area contributed by atoms with Gasteiger partial charge < -0.3 is 5.73 Å². The number of ketones is 1. The summed E-state index contributed by atoms with van der Waals surface area (Å²) in [4.78, 5) is 21.5. The van der Waals surface area contributed by atoms with Gasteiger partial charge in [-0.05, 0) is 18.2 Å². The largest absolute Gasteiger partial charge is 0.324 e. The van der Waals surface area contributed by atoms with Crippen molar-refractivity contribution in [2.45, 2.75) is 0 Å². The number of nitrogens with two attached hydrogens (primary N) is 1. The molecule has 0 saturated heterocycles. The van der Waals surface area contributed by atoms with E-state index >= 15 is 0 Å². The van der Waals surface area contributed by atoms with Gasteiger partial charge in [0.1, 0.15) is 5.82 Å². The molecule has 0 saturated carbocycles. The third-order valence-corrected chi connectivity index (χ3v) is 1.63. The number of carbonyl (C=O) groups is 2. The zero-order valence-corrected chi connectivity index (χ0v) is 6.79. The van der Waals surface area contributed by atoms with Crippen LogP contribution in [0.2, 0.25) is 0 Å². The number of halogens is 1. The van der Waals surface area contributed by atoms with Crippen molar-refractivity contribution in [2.75, 3.05) is 6.54 Å². The molecule has 13 heavy (non-hydrogen) atoms. The fourth-order valence-corrected chi connectivity index (χ4v) is 0.995. The summed E-state index contributed by atoms with van der Waals surface area (Å²) >= 11 is 0. The van der Waals surface area contributed by atoms with Gasteiger partial charge in [-0.1, -0.05) is 0 Å². The van der Waals surface area contributed by atoms with Crippen molar-refractivity contribution in [3.63, 3.8) is 0 Å². The first-order chi connectivity index (χ1) is 6.19. The fourth-order valence-electron chi connectivity index (χ4n) is 0.995. The average molecular weight is 181 g/mol. The lowest BCUT2D eigenvalue weighted by Crippen LogP contribution is -2.15. The van der Waals surface area contributed by atoms with Gasteiger partial charge in [0.25, 0.3) is 0 Å². The van der Waals surface area contributed by atoms with Crippen LogP contribution in [0.4, 0.5) is 4.39 Å². The molecular formula is C9H8FNO2. The second-order valence-electron chi connectivity index (χ2n) is 2.48. The molecule has 1 rings (SSSR count). The molecule has 2 N–H and O–H groups in total. The SMILES string of the molecule is NCC(=O)c1ccc(F)cc1C=O. The molecule has 0 aliphatic heterocycles. The highest BCUT2D eigenvalue weighted by Gasteiger charge is 2.09. The zero-order valence-electron chi connectivity index (χ0n) is 6.79. The van der Waals surface area contributed by atoms with Gasteiger partial charge in [-0.3, -0.25) is 9.59 Å². The van der Waals surface area contributed by atoms with E-state index in [-0.39, 0.29) is 23.5 Å². The highest BCUT2D eigenvalue weighted by atomic mass is 19.1. The first kappa shape index (κ1) is 9.54. The predicted octanol–water partition coefficient (Wildman–Crippen LogP) is 0.780. The normalized spacial score (nSPS) is 9.69. The van der Waals surface area contributed by atoms with Gasteiger partial charge in [0.05, 0.1) is 6.54 Å². The second kappa shape index (κ2) is 3.91. The van der Waals surface area contributed by atoms with Crippen LogP contribution in [0.25, 0.3) is 0 Å². The van der Waals surface area contributed by atoms with Crippen molar-refractivity contribution in [1.29, 1.82) is 0 Å². The summed E-state index contributed by atoms with van der Waals surface area (Å²) in [7, 11) is 0. The van der Waals surface area contributed by atoms with Crippen molar-refractivity contribution in [2.24, 2.45) is 5.73 Å². The van der Waals surface area contributed by atoms with E-state index in [1.165, 1.54) is 6.07 Å². The van der Waals surface area contributed by atoms with Gasteiger partial charge in [-0.15, -0.1) is 0 Å². The van der Waals surface area contributed by atoms with Crippen LogP contribution in [0.5, 0.6) is 0 Å². The lowest BCUT2D eigenvalue weighted by Gasteiger charge is -2.00. The van der Waals surface area contributed by atoms with Gasteiger partial charge in [0.2, 0.25) is 0 Å². The Bertz CT molecular complexity index is 349. The third kappa shape index (κ3) is 1.97. The molecular weight excluding hydrogens is 173 g/mol. The van der Waals surface area contributed by atoms with Crippen LogP contribution < -0.4 is 5.73 Å². The molecule has 0 fully saturated rings. The molecule has 0 radical (unpaired) electrons. The molecule has 1 aromatic rings. The Morgan fingerprint density at radius 1 is 1.54 bits per heavy atom. The van der Waals surface area contributed by atoms with Crippen LogP contribution in [-0.2, 0) is 0 Å². The van der Waals surface area contributed by atoms with Gasteiger partial charge in [-0.25, -0.2) is 4.39 Å². The first-order valence-corrected chi connectivity index (χ1v) is 3.67. The first-order valence-electron chi connectivity index (χ1n) is 3.67. The number of benzene rings is 1. The minimum Gasteiger partial charge on any atom is -0.324 e. The second-order valence-corrected chi connectivity index (χ2v) is 2.48. The Hall–Kier alpha value is -1.55. The lowest BCUT2D eigenvalue weighted by atomic mass is 10.0. The number of hydrogen-bond acceptors (Lipinski definition) is 3. The standard InChI is InChI=1S/C9H8FNO2/c10-7-1-2-8(9(13)4-11)6(3-7)5-12/h1-3,5H,4,11H2. The molecule has 0 aliphatic rings. The third-order valence-electron chi connectivity index (χ3n) is 1.63. The number of Topliss-reactive ketones (excluding diaryl/α,β-unsaturated/α-hetero) is 1. The van der Waals surface area contributed by atoms with Crippen molar-refractivity contribution in [1.82, 2.24) is 0 Å². The summed E-state index contributed by atoms with van der Waals surface area (Å²) in [5, 5.41) is 0. The maximum absolute atomic E-state index is 12.6. The van der Waals surface area contributed by atoms with E-state index in [9.17, 15) is 14.0 Å². The molecule has 0 aromatic heterocycles. The van der Waals surface area contributed by atoms with Crippen molar-refractivity contribution >= 4 is 12.1 Å². The van der Waals surface area contributed by atoms with Crippen LogP contribution in [0.3, 0.4) is 0 Å². The summed E-state index contributed by atoms with van der Waals surface area (Å²) in [6.07, 6.45) is 0.436. The van der Waals surface area contributed by atoms with Crippen LogP contribution >= 0.6 is 0 Å². The van der Waals surface area contributed by atoms with E-state index in [0.29, 0.717) is 6.29 Å². The Kier molecular flexibility index (Phi) is 2.87. The van der Waals surface area contributed by atoms with E-state index in [2.05, 4.69) is 0 Å². The Morgan fingerprint density at radius 3 is 2.77 bits per heavy atom. The number of carbonyl (C=O) groups excluding carboxylic acids is 2. The zero-order chi connectivity index (χ0) is 9.84. The monoisotopic (exact) mass is 181 g/mol. The van der Waals surface area contributed by atoms with Gasteiger partial charge in [0, 0.05) is 11.1 Å². The van der Waals surface area contributed by atoms with E-state index in [1.54, 1.807) is 0 Å². The van der Waals surface area contributed by atoms with Crippen LogP contribution in [0.15, 0.2) is 18.2 Å². The smallest absolute Gasteiger partial charge is 0.177 e. The van der Waals surface area contributed by atoms with E-state index in [0.717, 1.165) is 12.1 Å². The Balaban J connectivity index is 3.20. The van der Waals surface area contributed by atoms with Crippen LogP contribution in [0.1, 0.15) is 20.7 Å². The number of hydrogen-bond donors (Lipinski definition) is 1. The van der Waals surface area contributed by atoms with E-state index in [4.69, 9.17) is 5.73 Å². The molecule has 0 atom stereocenters. The molecule has 0 unspecified atom stereocenters. The fraction of sp³-hybridized carbons (Fsp3) is 0.111. The maximum atomic E-state index is 12.6. The van der Waals surface area contributed by atoms with Gasteiger partial charge in [0.15, 0.2) is 12.1 Å². The summed E-state index contributed by atoms with van der Waals surface area (Å²) < 4.78 is 12.6. The summed E-state index contributed by atoms with van der Waals surface area (Å²) in [6.45, 7) is -0.188. The molecule has 0 bridgehead atoms. The van der Waals surface area contributed by atoms with Crippen molar-refractivity contribution in [3.8, 4) is 0 Å². The molecule has 4 heteroatoms. The van der Waals surface area contributed by atoms with Crippen LogP contribution in [0, 0.1) is 5.82 Å². The van der Waals surface area contributed by atoms with Gasteiger partial charge >= 0.3 is 0 Å². The highest BCUT2D eigenvalue weighted by Crippen LogP contribution is 2.09. The summed E-state index contributed by atoms with van der Waals surface area (Å²) in [5.41, 5.74) is 5.31. The lowest BCUT2D eigenvalue weighted by molar-refractivity contribution is 0.0994. The summed E-state index contributed by atoms with van der Waals surface area (Å²) in [5.74, 6) is -0.919. The van der Waals surface area contributed by atoms with Crippen molar-refractivity contribution < 1.29 is 14.0 Å². The molecule has 0 aliphatic carbocycles. The van der Waals surface area contributed by atoms with Crippen molar-refractivity contribution in [3.05, 3.63) is 35.1 Å². The molecule has 0 spiro atoms. The minimum absolute atomic E-state index is 0.0375. The topological polar surface area (TPSA) is 60.2 Å². The minimum atomic E-state index is -0.546. The molecule has 0 amide bonds. The average Bonchev–Trinajstić information content (AvgIpc) is 2.16. The highest BCUT2D eigenvalue weighted by molar-refractivity contribution is 6.03. The quantitative estimate of drug-likeness (QED) is 0.553. The van der Waals surface area contributed by atoms with E-state index in [1.807, 2.05) is 0 Å². The molecule has 3 nitrogen and oxygen atoms in total. The Morgan fingerprint density at radius 2 is 2.23 bits per heavy atom. The van der Waals surface area contributed by atoms with E-state index < -0.39 is 5.82 Å². The summed E-state index contributed by atoms with van der Waals surface area (Å²) in [6, 6.07) is 3.39. The van der Waals surface area contributed by atoms with Crippen LogP contribution in [-0.4, -0.2) is 18.6 Å².